The summed E-state index contributed by atoms with van der Waals surface area (Å²) in [6.07, 6.45) is 1.98. The highest BCUT2D eigenvalue weighted by Gasteiger charge is 2.03. The topological polar surface area (TPSA) is 48.9 Å². The SMILES string of the molecule is Cc1[nH]cnc1CC(C)O. The van der Waals surface area contributed by atoms with Crippen molar-refractivity contribution in [3.63, 3.8) is 0 Å². The number of aliphatic hydroxyl groups excluding tert-OH is 1. The fourth-order valence-corrected chi connectivity index (χ4v) is 0.873. The lowest BCUT2D eigenvalue weighted by molar-refractivity contribution is 0.194. The smallest absolute Gasteiger partial charge is 0.0925 e. The summed E-state index contributed by atoms with van der Waals surface area (Å²) in [6, 6.07) is 0. The molecule has 0 fully saturated rings. The summed E-state index contributed by atoms with van der Waals surface area (Å²) in [4.78, 5) is 6.99. The molecule has 56 valence electrons. The van der Waals surface area contributed by atoms with E-state index in [-0.39, 0.29) is 6.10 Å². The first kappa shape index (κ1) is 7.28. The van der Waals surface area contributed by atoms with Crippen molar-refractivity contribution < 1.29 is 5.11 Å². The molecular weight excluding hydrogens is 128 g/mol. The van der Waals surface area contributed by atoms with E-state index in [4.69, 9.17) is 5.11 Å². The average Bonchev–Trinajstić information content (AvgIpc) is 2.15. The molecule has 1 heterocycles. The maximum Gasteiger partial charge on any atom is 0.0925 e. The summed E-state index contributed by atoms with van der Waals surface area (Å²) in [6.45, 7) is 3.71. The van der Waals surface area contributed by atoms with Crippen LogP contribution >= 0.6 is 0 Å². The third kappa shape index (κ3) is 1.57. The lowest BCUT2D eigenvalue weighted by atomic mass is 10.2. The summed E-state index contributed by atoms with van der Waals surface area (Å²) in [5, 5.41) is 8.99. The molecule has 0 aliphatic heterocycles. The second-order valence-electron chi connectivity index (χ2n) is 2.53. The first-order valence-corrected chi connectivity index (χ1v) is 3.37. The van der Waals surface area contributed by atoms with Crippen molar-refractivity contribution in [1.29, 1.82) is 0 Å². The molecule has 0 radical (unpaired) electrons. The number of aromatic nitrogens is 2. The molecule has 1 aromatic rings. The van der Waals surface area contributed by atoms with Crippen LogP contribution in [0.15, 0.2) is 6.33 Å². The Bertz CT molecular complexity index is 205. The molecular formula is C7H12N2O. The summed E-state index contributed by atoms with van der Waals surface area (Å²) >= 11 is 0. The molecule has 0 saturated heterocycles. The number of hydrogen-bond donors (Lipinski definition) is 2. The highest BCUT2D eigenvalue weighted by atomic mass is 16.3. The zero-order valence-corrected chi connectivity index (χ0v) is 6.26. The van der Waals surface area contributed by atoms with E-state index in [9.17, 15) is 0 Å². The van der Waals surface area contributed by atoms with Gasteiger partial charge in [-0.15, -0.1) is 0 Å². The van der Waals surface area contributed by atoms with E-state index in [1.807, 2.05) is 6.92 Å². The number of H-pyrrole nitrogens is 1. The fourth-order valence-electron chi connectivity index (χ4n) is 0.873. The van der Waals surface area contributed by atoms with Crippen molar-refractivity contribution in [2.24, 2.45) is 0 Å². The molecule has 3 nitrogen and oxygen atoms in total. The van der Waals surface area contributed by atoms with Crippen LogP contribution in [-0.4, -0.2) is 21.2 Å². The molecule has 0 bridgehead atoms. The third-order valence-electron chi connectivity index (χ3n) is 1.42. The Kier molecular flexibility index (Phi) is 2.06. The maximum atomic E-state index is 8.99. The molecule has 0 saturated carbocycles. The number of nitrogens with one attached hydrogen (secondary N) is 1. The lowest BCUT2D eigenvalue weighted by Gasteiger charge is -2.00. The molecule has 0 spiro atoms. The molecule has 10 heavy (non-hydrogen) atoms. The third-order valence-corrected chi connectivity index (χ3v) is 1.42. The van der Waals surface area contributed by atoms with Crippen LogP contribution < -0.4 is 0 Å². The lowest BCUT2D eigenvalue weighted by Crippen LogP contribution is -2.05. The van der Waals surface area contributed by atoms with Crippen LogP contribution in [0.4, 0.5) is 0 Å². The van der Waals surface area contributed by atoms with Gasteiger partial charge in [0.2, 0.25) is 0 Å². The van der Waals surface area contributed by atoms with Gasteiger partial charge in [-0.3, -0.25) is 0 Å². The van der Waals surface area contributed by atoms with Crippen LogP contribution in [0.1, 0.15) is 18.3 Å². The highest BCUT2D eigenvalue weighted by molar-refractivity contribution is 5.09. The Labute approximate surface area is 60.1 Å². The van der Waals surface area contributed by atoms with Crippen molar-refractivity contribution in [2.45, 2.75) is 26.4 Å². The number of aryl methyl sites for hydroxylation is 1. The standard InChI is InChI=1S/C7H12N2O/c1-5(10)3-7-6(2)8-4-9-7/h4-5,10H,3H2,1-2H3,(H,8,9). The number of aliphatic hydroxyl groups is 1. The second-order valence-corrected chi connectivity index (χ2v) is 2.53. The summed E-state index contributed by atoms with van der Waals surface area (Å²) in [5.41, 5.74) is 2.00. The molecule has 0 aliphatic carbocycles. The predicted octanol–water partition coefficient (Wildman–Crippen LogP) is 0.641. The summed E-state index contributed by atoms with van der Waals surface area (Å²) in [7, 11) is 0. The highest BCUT2D eigenvalue weighted by Crippen LogP contribution is 2.03. The minimum atomic E-state index is -0.304. The van der Waals surface area contributed by atoms with Crippen LogP contribution in [0.5, 0.6) is 0 Å². The van der Waals surface area contributed by atoms with Crippen LogP contribution in [0, 0.1) is 6.92 Å². The van der Waals surface area contributed by atoms with Crippen LogP contribution in [0.2, 0.25) is 0 Å². The minimum Gasteiger partial charge on any atom is -0.393 e. The molecule has 0 aromatic carbocycles. The van der Waals surface area contributed by atoms with Gasteiger partial charge in [0.15, 0.2) is 0 Å². The average molecular weight is 140 g/mol. The van der Waals surface area contributed by atoms with Crippen LogP contribution in [0.3, 0.4) is 0 Å². The van der Waals surface area contributed by atoms with Gasteiger partial charge in [-0.2, -0.15) is 0 Å². The Morgan fingerprint density at radius 3 is 2.90 bits per heavy atom. The Morgan fingerprint density at radius 1 is 1.80 bits per heavy atom. The van der Waals surface area contributed by atoms with E-state index in [0.29, 0.717) is 6.42 Å². The number of imidazole rings is 1. The van der Waals surface area contributed by atoms with Crippen molar-refractivity contribution >= 4 is 0 Å². The van der Waals surface area contributed by atoms with Gasteiger partial charge in [0.05, 0.1) is 18.1 Å². The largest absolute Gasteiger partial charge is 0.393 e. The molecule has 0 aliphatic rings. The van der Waals surface area contributed by atoms with Crippen LogP contribution in [0.25, 0.3) is 0 Å². The van der Waals surface area contributed by atoms with E-state index < -0.39 is 0 Å². The first-order chi connectivity index (χ1) is 4.70. The van der Waals surface area contributed by atoms with Crippen molar-refractivity contribution in [2.75, 3.05) is 0 Å². The first-order valence-electron chi connectivity index (χ1n) is 3.37. The van der Waals surface area contributed by atoms with Gasteiger partial charge in [0, 0.05) is 12.1 Å². The van der Waals surface area contributed by atoms with Crippen molar-refractivity contribution in [3.05, 3.63) is 17.7 Å². The number of aromatic amines is 1. The number of nitrogens with zero attached hydrogens (tertiary/aromatic N) is 1. The van der Waals surface area contributed by atoms with E-state index >= 15 is 0 Å². The molecule has 1 aromatic heterocycles. The van der Waals surface area contributed by atoms with E-state index in [1.54, 1.807) is 13.3 Å². The Morgan fingerprint density at radius 2 is 2.50 bits per heavy atom. The zero-order chi connectivity index (χ0) is 7.56. The van der Waals surface area contributed by atoms with Crippen molar-refractivity contribution in [3.8, 4) is 0 Å². The number of rotatable bonds is 2. The minimum absolute atomic E-state index is 0.304. The van der Waals surface area contributed by atoms with E-state index in [0.717, 1.165) is 11.4 Å². The second kappa shape index (κ2) is 2.84. The molecule has 1 unspecified atom stereocenters. The fraction of sp³-hybridized carbons (Fsp3) is 0.571. The van der Waals surface area contributed by atoms with Gasteiger partial charge in [0.25, 0.3) is 0 Å². The summed E-state index contributed by atoms with van der Waals surface area (Å²) in [5.74, 6) is 0. The zero-order valence-electron chi connectivity index (χ0n) is 6.26. The van der Waals surface area contributed by atoms with E-state index in [1.165, 1.54) is 0 Å². The number of hydrogen-bond acceptors (Lipinski definition) is 2. The monoisotopic (exact) mass is 140 g/mol. The van der Waals surface area contributed by atoms with Gasteiger partial charge in [-0.1, -0.05) is 0 Å². The van der Waals surface area contributed by atoms with Gasteiger partial charge >= 0.3 is 0 Å². The Hall–Kier alpha value is -0.830. The molecule has 1 atom stereocenters. The van der Waals surface area contributed by atoms with Gasteiger partial charge in [-0.25, -0.2) is 4.98 Å². The van der Waals surface area contributed by atoms with Gasteiger partial charge in [0.1, 0.15) is 0 Å². The Balaban J connectivity index is 2.65. The predicted molar refractivity (Wildman–Crippen MR) is 38.7 cm³/mol. The normalized spacial score (nSPS) is 13.5. The van der Waals surface area contributed by atoms with E-state index in [2.05, 4.69) is 9.97 Å². The molecule has 2 N–H and O–H groups in total. The molecule has 0 amide bonds. The summed E-state index contributed by atoms with van der Waals surface area (Å²) < 4.78 is 0. The van der Waals surface area contributed by atoms with Gasteiger partial charge < -0.3 is 10.1 Å². The maximum absolute atomic E-state index is 8.99. The van der Waals surface area contributed by atoms with Crippen LogP contribution in [-0.2, 0) is 6.42 Å². The van der Waals surface area contributed by atoms with Gasteiger partial charge in [-0.05, 0) is 13.8 Å². The molecule has 3 heteroatoms. The molecule has 1 rings (SSSR count). The quantitative estimate of drug-likeness (QED) is 0.633. The van der Waals surface area contributed by atoms with Crippen molar-refractivity contribution in [1.82, 2.24) is 9.97 Å².